The normalized spacial score (nSPS) is 12.6. The number of esters is 1. The van der Waals surface area contributed by atoms with Crippen molar-refractivity contribution in [2.24, 2.45) is 7.05 Å². The van der Waals surface area contributed by atoms with Crippen molar-refractivity contribution in [1.82, 2.24) is 14.8 Å². The van der Waals surface area contributed by atoms with Crippen molar-refractivity contribution < 1.29 is 23.9 Å². The van der Waals surface area contributed by atoms with Gasteiger partial charge in [-0.15, -0.1) is 0 Å². The lowest BCUT2D eigenvalue weighted by molar-refractivity contribution is -0.118. The van der Waals surface area contributed by atoms with E-state index in [1.807, 2.05) is 30.3 Å². The molecule has 2 aromatic heterocycles. The number of fused-ring (bicyclic) bond motifs is 2. The van der Waals surface area contributed by atoms with E-state index in [4.69, 9.17) is 9.47 Å². The number of carbonyl (C=O) groups excluding carboxylic acids is 3. The molecule has 2 aromatic carbocycles. The van der Waals surface area contributed by atoms with Crippen molar-refractivity contribution in [2.45, 2.75) is 6.92 Å². The first-order valence-electron chi connectivity index (χ1n) is 10.6. The highest BCUT2D eigenvalue weighted by Gasteiger charge is 2.22. The van der Waals surface area contributed by atoms with Crippen LogP contribution in [0.2, 0.25) is 0 Å². The summed E-state index contributed by atoms with van der Waals surface area (Å²) in [7, 11) is 1.76. The third kappa shape index (κ3) is 3.88. The van der Waals surface area contributed by atoms with Crippen LogP contribution in [0.1, 0.15) is 26.4 Å². The molecule has 34 heavy (non-hydrogen) atoms. The van der Waals surface area contributed by atoms with E-state index in [9.17, 15) is 14.4 Å². The second-order valence-electron chi connectivity index (χ2n) is 7.88. The first-order chi connectivity index (χ1) is 16.4. The summed E-state index contributed by atoms with van der Waals surface area (Å²) in [6, 6.07) is 15.8. The molecular formula is C25H20N4O5. The Bertz CT molecular complexity index is 1460. The molecule has 4 aromatic rings. The van der Waals surface area contributed by atoms with E-state index in [1.165, 1.54) is 6.07 Å². The van der Waals surface area contributed by atoms with Gasteiger partial charge in [-0.25, -0.2) is 9.78 Å². The summed E-state index contributed by atoms with van der Waals surface area (Å²) >= 11 is 0. The number of aromatic nitrogens is 3. The monoisotopic (exact) mass is 456 g/mol. The summed E-state index contributed by atoms with van der Waals surface area (Å²) in [5.74, 6) is -0.879. The number of anilines is 1. The molecule has 0 saturated heterocycles. The van der Waals surface area contributed by atoms with Gasteiger partial charge in [-0.1, -0.05) is 30.3 Å². The number of ketones is 1. The van der Waals surface area contributed by atoms with E-state index in [0.29, 0.717) is 39.4 Å². The van der Waals surface area contributed by atoms with E-state index in [0.717, 1.165) is 5.56 Å². The van der Waals surface area contributed by atoms with Gasteiger partial charge in [-0.2, -0.15) is 5.10 Å². The predicted octanol–water partition coefficient (Wildman–Crippen LogP) is 3.31. The Balaban J connectivity index is 1.42. The number of benzene rings is 2. The second kappa shape index (κ2) is 8.43. The summed E-state index contributed by atoms with van der Waals surface area (Å²) in [4.78, 5) is 42.0. The fraction of sp³-hybridized carbons (Fsp3) is 0.160. The fourth-order valence-corrected chi connectivity index (χ4v) is 3.91. The number of pyridine rings is 1. The molecule has 0 aliphatic carbocycles. The molecule has 9 heteroatoms. The van der Waals surface area contributed by atoms with Crippen molar-refractivity contribution >= 4 is 34.4 Å². The molecular weight excluding hydrogens is 436 g/mol. The van der Waals surface area contributed by atoms with Crippen LogP contribution in [0, 0.1) is 6.92 Å². The van der Waals surface area contributed by atoms with Gasteiger partial charge in [0.15, 0.2) is 24.6 Å². The molecule has 5 rings (SSSR count). The van der Waals surface area contributed by atoms with Crippen molar-refractivity contribution in [1.29, 1.82) is 0 Å². The van der Waals surface area contributed by atoms with Crippen molar-refractivity contribution in [3.05, 3.63) is 71.4 Å². The number of hydrogen-bond donors (Lipinski definition) is 1. The summed E-state index contributed by atoms with van der Waals surface area (Å²) in [6.07, 6.45) is 0. The zero-order valence-electron chi connectivity index (χ0n) is 18.5. The molecule has 0 spiro atoms. The minimum absolute atomic E-state index is 0.0724. The number of amides is 1. The molecule has 9 nitrogen and oxygen atoms in total. The smallest absolute Gasteiger partial charge is 0.339 e. The van der Waals surface area contributed by atoms with E-state index >= 15 is 0 Å². The minimum Gasteiger partial charge on any atom is -0.482 e. The average Bonchev–Trinajstić information content (AvgIpc) is 3.15. The summed E-state index contributed by atoms with van der Waals surface area (Å²) < 4.78 is 12.3. The van der Waals surface area contributed by atoms with E-state index in [1.54, 1.807) is 36.9 Å². The average molecular weight is 456 g/mol. The molecule has 3 heterocycles. The molecule has 170 valence electrons. The molecule has 0 atom stereocenters. The first-order valence-corrected chi connectivity index (χ1v) is 10.6. The minimum atomic E-state index is -0.649. The molecule has 0 fully saturated rings. The quantitative estimate of drug-likeness (QED) is 0.362. The van der Waals surface area contributed by atoms with Crippen LogP contribution in [-0.4, -0.2) is 45.6 Å². The predicted molar refractivity (Wildman–Crippen MR) is 124 cm³/mol. The second-order valence-corrected chi connectivity index (χ2v) is 7.88. The standard InChI is InChI=1S/C25H20N4O5/c1-14-23-17(11-18(15-6-4-3-5-7-15)27-24(23)29(2)28-14)25(32)34-12-20(30)16-8-9-21-19(10-16)26-22(31)13-33-21/h3-11H,12-13H2,1-2H3,(H,26,31). The fourth-order valence-electron chi connectivity index (χ4n) is 3.91. The summed E-state index contributed by atoms with van der Waals surface area (Å²) in [5.41, 5.74) is 3.60. The number of ether oxygens (including phenoxy) is 2. The first kappa shape index (κ1) is 21.3. The van der Waals surface area contributed by atoms with E-state index in [-0.39, 0.29) is 18.1 Å². The van der Waals surface area contributed by atoms with Crippen molar-refractivity contribution in [3.63, 3.8) is 0 Å². The van der Waals surface area contributed by atoms with Gasteiger partial charge in [0.25, 0.3) is 5.91 Å². The van der Waals surface area contributed by atoms with E-state index < -0.39 is 18.4 Å². The Morgan fingerprint density at radius 2 is 1.94 bits per heavy atom. The van der Waals surface area contributed by atoms with Gasteiger partial charge >= 0.3 is 5.97 Å². The highest BCUT2D eigenvalue weighted by molar-refractivity contribution is 6.07. The SMILES string of the molecule is Cc1nn(C)c2nc(-c3ccccc3)cc(C(=O)OCC(=O)c3ccc4c(c3)NC(=O)CO4)c12. The molecule has 1 aliphatic heterocycles. The van der Waals surface area contributed by atoms with Gasteiger partial charge in [-0.05, 0) is 31.2 Å². The third-order valence-corrected chi connectivity index (χ3v) is 5.53. The van der Waals surface area contributed by atoms with Crippen LogP contribution in [-0.2, 0) is 16.6 Å². The molecule has 1 aliphatic rings. The molecule has 0 radical (unpaired) electrons. The lowest BCUT2D eigenvalue weighted by Crippen LogP contribution is -2.25. The zero-order chi connectivity index (χ0) is 23.8. The number of aryl methyl sites for hydroxylation is 2. The Morgan fingerprint density at radius 1 is 1.15 bits per heavy atom. The number of rotatable bonds is 5. The van der Waals surface area contributed by atoms with Crippen LogP contribution in [0.15, 0.2) is 54.6 Å². The maximum absolute atomic E-state index is 13.1. The van der Waals surface area contributed by atoms with Gasteiger partial charge in [0.2, 0.25) is 0 Å². The van der Waals surface area contributed by atoms with Crippen LogP contribution in [0.25, 0.3) is 22.3 Å². The Kier molecular flexibility index (Phi) is 5.29. The van der Waals surface area contributed by atoms with Gasteiger partial charge in [-0.3, -0.25) is 14.3 Å². The zero-order valence-corrected chi connectivity index (χ0v) is 18.5. The van der Waals surface area contributed by atoms with Gasteiger partial charge < -0.3 is 14.8 Å². The third-order valence-electron chi connectivity index (χ3n) is 5.53. The van der Waals surface area contributed by atoms with Crippen LogP contribution in [0.5, 0.6) is 5.75 Å². The maximum atomic E-state index is 13.1. The Labute approximate surface area is 194 Å². The lowest BCUT2D eigenvalue weighted by atomic mass is 10.1. The molecule has 1 N–H and O–H groups in total. The highest BCUT2D eigenvalue weighted by Crippen LogP contribution is 2.29. The Morgan fingerprint density at radius 3 is 2.74 bits per heavy atom. The van der Waals surface area contributed by atoms with Gasteiger partial charge in [0.05, 0.1) is 28.0 Å². The Hall–Kier alpha value is -4.53. The number of Topliss-reactive ketones (excluding diaryl/α,β-unsaturated/α-hetero) is 1. The van der Waals surface area contributed by atoms with Crippen molar-refractivity contribution in [2.75, 3.05) is 18.5 Å². The summed E-state index contributed by atoms with van der Waals surface area (Å²) in [6.45, 7) is 1.25. The van der Waals surface area contributed by atoms with Crippen LogP contribution in [0.3, 0.4) is 0 Å². The number of carbonyl (C=O) groups is 3. The topological polar surface area (TPSA) is 112 Å². The van der Waals surface area contributed by atoms with Crippen LogP contribution in [0.4, 0.5) is 5.69 Å². The molecule has 0 bridgehead atoms. The maximum Gasteiger partial charge on any atom is 0.339 e. The number of nitrogens with one attached hydrogen (secondary N) is 1. The van der Waals surface area contributed by atoms with Gasteiger partial charge in [0, 0.05) is 18.2 Å². The van der Waals surface area contributed by atoms with E-state index in [2.05, 4.69) is 15.4 Å². The van der Waals surface area contributed by atoms with Crippen LogP contribution >= 0.6 is 0 Å². The number of hydrogen-bond acceptors (Lipinski definition) is 7. The lowest BCUT2D eigenvalue weighted by Gasteiger charge is -2.18. The number of nitrogens with zero attached hydrogens (tertiary/aromatic N) is 3. The summed E-state index contributed by atoms with van der Waals surface area (Å²) in [5, 5.41) is 7.62. The molecule has 0 unspecified atom stereocenters. The van der Waals surface area contributed by atoms with Gasteiger partial charge in [0.1, 0.15) is 5.75 Å². The largest absolute Gasteiger partial charge is 0.482 e. The highest BCUT2D eigenvalue weighted by atomic mass is 16.5. The van der Waals surface area contributed by atoms with Crippen LogP contribution < -0.4 is 10.1 Å². The molecule has 1 amide bonds. The van der Waals surface area contributed by atoms with Crippen molar-refractivity contribution in [3.8, 4) is 17.0 Å². The molecule has 0 saturated carbocycles.